The number of carbonyl (C=O) groups is 4. The van der Waals surface area contributed by atoms with Crippen LogP contribution in [0.2, 0.25) is 0 Å². The van der Waals surface area contributed by atoms with E-state index in [1.54, 1.807) is 48.6 Å². The van der Waals surface area contributed by atoms with Crippen LogP contribution in [0.3, 0.4) is 0 Å². The molecule has 0 bridgehead atoms. The number of benzene rings is 1. The van der Waals surface area contributed by atoms with Gasteiger partial charge in [0.15, 0.2) is 0 Å². The number of allylic oxidation sites excluding steroid dienone is 2. The molecule has 1 heterocycles. The highest BCUT2D eigenvalue weighted by molar-refractivity contribution is 6.07. The maximum Gasteiger partial charge on any atom is 0.237 e. The summed E-state index contributed by atoms with van der Waals surface area (Å²) in [6.07, 6.45) is 6.99. The first-order chi connectivity index (χ1) is 12.5. The summed E-state index contributed by atoms with van der Waals surface area (Å²) in [6, 6.07) is 6.68. The Balaban J connectivity index is 1.53. The molecule has 2 atom stereocenters. The standard InChI is InChI=1S/C19H19N3O4/c1-12(23)20-13-6-8-14(9-7-13)21-17(24)10-11-22-18(25)15-4-2-3-5-16(15)19(22)26/h2-9,15-16H,10-11H2,1H3,(H,20,23)(H,21,24). The number of amides is 4. The van der Waals surface area contributed by atoms with Gasteiger partial charge in [-0.3, -0.25) is 24.1 Å². The van der Waals surface area contributed by atoms with Gasteiger partial charge in [0.25, 0.3) is 0 Å². The molecular weight excluding hydrogens is 334 g/mol. The largest absolute Gasteiger partial charge is 0.326 e. The van der Waals surface area contributed by atoms with E-state index >= 15 is 0 Å². The van der Waals surface area contributed by atoms with E-state index in [0.29, 0.717) is 11.4 Å². The summed E-state index contributed by atoms with van der Waals surface area (Å²) in [7, 11) is 0. The summed E-state index contributed by atoms with van der Waals surface area (Å²) < 4.78 is 0. The lowest BCUT2D eigenvalue weighted by Crippen LogP contribution is -2.33. The van der Waals surface area contributed by atoms with Crippen molar-refractivity contribution in [1.82, 2.24) is 4.90 Å². The third-order valence-electron chi connectivity index (χ3n) is 4.29. The van der Waals surface area contributed by atoms with Gasteiger partial charge < -0.3 is 10.6 Å². The van der Waals surface area contributed by atoms with Gasteiger partial charge in [0.2, 0.25) is 23.6 Å². The number of anilines is 2. The van der Waals surface area contributed by atoms with Crippen molar-refractivity contribution in [3.05, 3.63) is 48.6 Å². The summed E-state index contributed by atoms with van der Waals surface area (Å²) in [6.45, 7) is 1.47. The molecule has 3 rings (SSSR count). The van der Waals surface area contributed by atoms with Gasteiger partial charge in [-0.15, -0.1) is 0 Å². The number of imide groups is 1. The van der Waals surface area contributed by atoms with Gasteiger partial charge in [-0.05, 0) is 24.3 Å². The Morgan fingerprint density at radius 1 is 0.923 bits per heavy atom. The molecule has 4 amide bonds. The predicted molar refractivity (Wildman–Crippen MR) is 96.0 cm³/mol. The Labute approximate surface area is 150 Å². The number of likely N-dealkylation sites (tertiary alicyclic amines) is 1. The average Bonchev–Trinajstić information content (AvgIpc) is 2.86. The minimum Gasteiger partial charge on any atom is -0.326 e. The lowest BCUT2D eigenvalue weighted by atomic mass is 9.91. The van der Waals surface area contributed by atoms with Crippen LogP contribution in [0.5, 0.6) is 0 Å². The Morgan fingerprint density at radius 2 is 1.42 bits per heavy atom. The first-order valence-electron chi connectivity index (χ1n) is 8.33. The van der Waals surface area contributed by atoms with Crippen molar-refractivity contribution in [2.75, 3.05) is 17.2 Å². The van der Waals surface area contributed by atoms with E-state index in [9.17, 15) is 19.2 Å². The Kier molecular flexibility index (Phi) is 4.97. The summed E-state index contributed by atoms with van der Waals surface area (Å²) in [5.41, 5.74) is 1.20. The molecule has 2 N–H and O–H groups in total. The van der Waals surface area contributed by atoms with Crippen LogP contribution >= 0.6 is 0 Å². The smallest absolute Gasteiger partial charge is 0.237 e. The molecule has 134 valence electrons. The maximum atomic E-state index is 12.3. The minimum absolute atomic E-state index is 0.0256. The van der Waals surface area contributed by atoms with E-state index in [0.717, 1.165) is 4.90 Å². The molecule has 0 saturated carbocycles. The highest BCUT2D eigenvalue weighted by atomic mass is 16.2. The van der Waals surface area contributed by atoms with Gasteiger partial charge in [0.05, 0.1) is 11.8 Å². The molecule has 1 saturated heterocycles. The van der Waals surface area contributed by atoms with E-state index in [1.807, 2.05) is 0 Å². The van der Waals surface area contributed by atoms with E-state index in [4.69, 9.17) is 0 Å². The molecule has 0 aromatic heterocycles. The fourth-order valence-corrected chi connectivity index (χ4v) is 3.04. The van der Waals surface area contributed by atoms with Crippen molar-refractivity contribution in [1.29, 1.82) is 0 Å². The van der Waals surface area contributed by atoms with Crippen LogP contribution in [0, 0.1) is 11.8 Å². The van der Waals surface area contributed by atoms with Crippen LogP contribution < -0.4 is 10.6 Å². The van der Waals surface area contributed by atoms with E-state index in [2.05, 4.69) is 10.6 Å². The third kappa shape index (κ3) is 3.72. The van der Waals surface area contributed by atoms with Crippen LogP contribution in [0.25, 0.3) is 0 Å². The number of fused-ring (bicyclic) bond motifs is 1. The number of rotatable bonds is 5. The summed E-state index contributed by atoms with van der Waals surface area (Å²) >= 11 is 0. The molecule has 1 aromatic rings. The van der Waals surface area contributed by atoms with Crippen LogP contribution in [-0.2, 0) is 19.2 Å². The van der Waals surface area contributed by atoms with Crippen molar-refractivity contribution in [2.24, 2.45) is 11.8 Å². The quantitative estimate of drug-likeness (QED) is 0.788. The number of hydrogen-bond donors (Lipinski definition) is 2. The van der Waals surface area contributed by atoms with Crippen molar-refractivity contribution in [3.8, 4) is 0 Å². The molecule has 26 heavy (non-hydrogen) atoms. The second kappa shape index (κ2) is 7.35. The maximum absolute atomic E-state index is 12.3. The zero-order chi connectivity index (χ0) is 18.7. The third-order valence-corrected chi connectivity index (χ3v) is 4.29. The van der Waals surface area contributed by atoms with Crippen molar-refractivity contribution in [2.45, 2.75) is 13.3 Å². The lowest BCUT2D eigenvalue weighted by Gasteiger charge is -2.14. The number of carbonyl (C=O) groups excluding carboxylic acids is 4. The molecule has 2 unspecified atom stereocenters. The van der Waals surface area contributed by atoms with Crippen molar-refractivity contribution < 1.29 is 19.2 Å². The molecule has 0 radical (unpaired) electrons. The summed E-state index contributed by atoms with van der Waals surface area (Å²) in [4.78, 5) is 48.8. The van der Waals surface area contributed by atoms with E-state index < -0.39 is 11.8 Å². The lowest BCUT2D eigenvalue weighted by molar-refractivity contribution is -0.139. The van der Waals surface area contributed by atoms with Gasteiger partial charge in [-0.2, -0.15) is 0 Å². The highest BCUT2D eigenvalue weighted by Crippen LogP contribution is 2.31. The first kappa shape index (κ1) is 17.6. The van der Waals surface area contributed by atoms with E-state index in [-0.39, 0.29) is 36.6 Å². The van der Waals surface area contributed by atoms with Crippen LogP contribution in [0.4, 0.5) is 11.4 Å². The van der Waals surface area contributed by atoms with Crippen molar-refractivity contribution >= 4 is 35.0 Å². The summed E-state index contributed by atoms with van der Waals surface area (Å²) in [5.74, 6) is -1.87. The predicted octanol–water partition coefficient (Wildman–Crippen LogP) is 1.70. The fraction of sp³-hybridized carbons (Fsp3) is 0.263. The van der Waals surface area contributed by atoms with Gasteiger partial charge in [-0.1, -0.05) is 24.3 Å². The Morgan fingerprint density at radius 3 is 1.92 bits per heavy atom. The Bertz CT molecular complexity index is 781. The topological polar surface area (TPSA) is 95.6 Å². The van der Waals surface area contributed by atoms with Gasteiger partial charge in [0.1, 0.15) is 0 Å². The van der Waals surface area contributed by atoms with Crippen molar-refractivity contribution in [3.63, 3.8) is 0 Å². The zero-order valence-corrected chi connectivity index (χ0v) is 14.3. The minimum atomic E-state index is -0.447. The molecule has 0 spiro atoms. The van der Waals surface area contributed by atoms with Gasteiger partial charge in [0, 0.05) is 31.3 Å². The second-order valence-electron chi connectivity index (χ2n) is 6.21. The van der Waals surface area contributed by atoms with Gasteiger partial charge >= 0.3 is 0 Å². The molecule has 1 fully saturated rings. The van der Waals surface area contributed by atoms with Crippen LogP contribution in [0.15, 0.2) is 48.6 Å². The average molecular weight is 353 g/mol. The van der Waals surface area contributed by atoms with E-state index in [1.165, 1.54) is 6.92 Å². The number of nitrogens with zero attached hydrogens (tertiary/aromatic N) is 1. The molecule has 1 aliphatic carbocycles. The number of nitrogens with one attached hydrogen (secondary N) is 2. The second-order valence-corrected chi connectivity index (χ2v) is 6.21. The summed E-state index contributed by atoms with van der Waals surface area (Å²) in [5, 5.41) is 5.35. The van der Waals surface area contributed by atoms with Gasteiger partial charge in [-0.25, -0.2) is 0 Å². The number of hydrogen-bond acceptors (Lipinski definition) is 4. The fourth-order valence-electron chi connectivity index (χ4n) is 3.04. The molecular formula is C19H19N3O4. The molecule has 1 aliphatic heterocycles. The SMILES string of the molecule is CC(=O)Nc1ccc(NC(=O)CCN2C(=O)C3C=CC=CC3C2=O)cc1. The van der Waals surface area contributed by atoms with Crippen LogP contribution in [-0.4, -0.2) is 35.1 Å². The first-order valence-corrected chi connectivity index (χ1v) is 8.33. The molecule has 1 aromatic carbocycles. The normalized spacial score (nSPS) is 20.9. The Hall–Kier alpha value is -3.22. The monoisotopic (exact) mass is 353 g/mol. The highest BCUT2D eigenvalue weighted by Gasteiger charge is 2.45. The molecule has 7 heteroatoms. The van der Waals surface area contributed by atoms with Crippen LogP contribution in [0.1, 0.15) is 13.3 Å². The molecule has 2 aliphatic rings. The molecule has 7 nitrogen and oxygen atoms in total. The zero-order valence-electron chi connectivity index (χ0n) is 14.3.